The van der Waals surface area contributed by atoms with Gasteiger partial charge in [0.1, 0.15) is 18.3 Å². The van der Waals surface area contributed by atoms with Crippen LogP contribution in [-0.4, -0.2) is 86.2 Å². The molecule has 3 heterocycles. The number of aromatic amines is 1. The van der Waals surface area contributed by atoms with E-state index in [2.05, 4.69) is 30.8 Å². The predicted octanol–water partition coefficient (Wildman–Crippen LogP) is 2.09. The highest BCUT2D eigenvalue weighted by Crippen LogP contribution is 2.31. The Morgan fingerprint density at radius 2 is 2.12 bits per heavy atom. The Balaban J connectivity index is 1.51. The summed E-state index contributed by atoms with van der Waals surface area (Å²) in [6, 6.07) is -1.49. The molecule has 14 heteroatoms. The van der Waals surface area contributed by atoms with Crippen LogP contribution in [0.25, 0.3) is 11.0 Å². The number of carbonyl (C=O) groups is 1. The maximum absolute atomic E-state index is 14.3. The molecule has 2 aliphatic rings. The number of fused-ring (bicyclic) bond motifs is 1. The normalized spacial score (nSPS) is 27.0. The first-order valence-electron chi connectivity index (χ1n) is 10.7. The van der Waals surface area contributed by atoms with E-state index in [0.29, 0.717) is 0 Å². The third kappa shape index (κ3) is 5.27. The number of carbonyl (C=O) groups excluding carboxylic acids is 1. The van der Waals surface area contributed by atoms with Crippen LogP contribution in [0.2, 0.25) is 0 Å². The van der Waals surface area contributed by atoms with Crippen molar-refractivity contribution in [3.8, 4) is 0 Å². The minimum atomic E-state index is -4.40. The number of nitrogens with zero attached hydrogens (tertiary/aromatic N) is 4. The van der Waals surface area contributed by atoms with Crippen molar-refractivity contribution < 1.29 is 31.9 Å². The first kappa shape index (κ1) is 24.3. The van der Waals surface area contributed by atoms with E-state index >= 15 is 0 Å². The number of hydrogen-bond donors (Lipinski definition) is 4. The van der Waals surface area contributed by atoms with Crippen molar-refractivity contribution in [1.29, 1.82) is 0 Å². The van der Waals surface area contributed by atoms with Crippen LogP contribution in [0.15, 0.2) is 18.2 Å². The van der Waals surface area contributed by atoms with Gasteiger partial charge in [-0.2, -0.15) is 18.3 Å². The van der Waals surface area contributed by atoms with Gasteiger partial charge < -0.3 is 15.7 Å². The first-order chi connectivity index (χ1) is 16.0. The molecular weight excluding hydrogens is 465 g/mol. The van der Waals surface area contributed by atoms with Gasteiger partial charge in [0.25, 0.3) is 5.91 Å². The molecule has 1 aliphatic heterocycles. The van der Waals surface area contributed by atoms with E-state index in [9.17, 15) is 31.9 Å². The number of aliphatic hydroxyl groups is 1. The molecule has 0 bridgehead atoms. The van der Waals surface area contributed by atoms with Gasteiger partial charge in [0.15, 0.2) is 11.3 Å². The highest BCUT2D eigenvalue weighted by atomic mass is 19.4. The number of alkyl halides is 4. The Morgan fingerprint density at radius 1 is 1.35 bits per heavy atom. The molecule has 1 fully saturated rings. The molecule has 2 unspecified atom stereocenters. The van der Waals surface area contributed by atoms with Gasteiger partial charge in [-0.3, -0.25) is 14.8 Å². The Kier molecular flexibility index (Phi) is 6.71. The number of nitrogens with one attached hydrogen (secondary N) is 3. The molecule has 0 radical (unpaired) electrons. The van der Waals surface area contributed by atoms with E-state index in [0.717, 1.165) is 4.90 Å². The van der Waals surface area contributed by atoms with Gasteiger partial charge in [0.2, 0.25) is 0 Å². The van der Waals surface area contributed by atoms with E-state index in [-0.39, 0.29) is 48.5 Å². The number of halogens is 5. The van der Waals surface area contributed by atoms with Crippen LogP contribution in [-0.2, 0) is 0 Å². The lowest BCUT2D eigenvalue weighted by atomic mass is 9.86. The van der Waals surface area contributed by atoms with E-state index in [1.54, 1.807) is 6.92 Å². The molecule has 0 aromatic carbocycles. The lowest BCUT2D eigenvalue weighted by molar-refractivity contribution is -0.144. The van der Waals surface area contributed by atoms with E-state index in [1.165, 1.54) is 12.4 Å². The summed E-state index contributed by atoms with van der Waals surface area (Å²) < 4.78 is 66.0. The molecule has 1 saturated heterocycles. The Hall–Kier alpha value is -2.87. The molecule has 2 aromatic rings. The van der Waals surface area contributed by atoms with Crippen molar-refractivity contribution in [2.24, 2.45) is 5.92 Å². The van der Waals surface area contributed by atoms with Gasteiger partial charge in [0.05, 0.1) is 29.9 Å². The Bertz CT molecular complexity index is 1080. The average molecular weight is 489 g/mol. The summed E-state index contributed by atoms with van der Waals surface area (Å²) in [5, 5.41) is 22.5. The number of rotatable bonds is 6. The first-order valence-corrected chi connectivity index (χ1v) is 10.7. The molecule has 4 N–H and O–H groups in total. The Labute approximate surface area is 190 Å². The fourth-order valence-corrected chi connectivity index (χ4v) is 4.42. The SMILES string of the molecule is C[C@@H](NC(=O)c1n[nH]c2ncnc(N[C@@H]3CN(CC(F)(F)F)C[C@H]3O)c12)C1CC(F)=CCC1F. The number of aromatic nitrogens is 4. The van der Waals surface area contributed by atoms with Crippen LogP contribution >= 0.6 is 0 Å². The minimum Gasteiger partial charge on any atom is -0.390 e. The van der Waals surface area contributed by atoms with Crippen LogP contribution in [0.1, 0.15) is 30.3 Å². The molecular formula is C20H24F5N7O2. The van der Waals surface area contributed by atoms with Crippen LogP contribution in [0.4, 0.5) is 27.8 Å². The summed E-state index contributed by atoms with van der Waals surface area (Å²) >= 11 is 0. The number of likely N-dealkylation sites (tertiary alicyclic amines) is 1. The van der Waals surface area contributed by atoms with Crippen LogP contribution in [0.5, 0.6) is 0 Å². The van der Waals surface area contributed by atoms with Crippen molar-refractivity contribution in [2.75, 3.05) is 25.0 Å². The van der Waals surface area contributed by atoms with Crippen molar-refractivity contribution >= 4 is 22.8 Å². The zero-order chi connectivity index (χ0) is 24.6. The molecule has 34 heavy (non-hydrogen) atoms. The number of anilines is 1. The maximum atomic E-state index is 14.3. The third-order valence-electron chi connectivity index (χ3n) is 6.12. The van der Waals surface area contributed by atoms with E-state index in [1.807, 2.05) is 0 Å². The molecule has 2 aromatic heterocycles. The molecule has 4 rings (SSSR count). The fraction of sp³-hybridized carbons (Fsp3) is 0.600. The highest BCUT2D eigenvalue weighted by Gasteiger charge is 2.39. The second kappa shape index (κ2) is 9.41. The molecule has 186 valence electrons. The Morgan fingerprint density at radius 3 is 2.85 bits per heavy atom. The monoisotopic (exact) mass is 489 g/mol. The molecule has 1 aliphatic carbocycles. The number of allylic oxidation sites excluding steroid dienone is 2. The number of hydrogen-bond acceptors (Lipinski definition) is 7. The zero-order valence-corrected chi connectivity index (χ0v) is 18.1. The second-order valence-corrected chi connectivity index (χ2v) is 8.68. The quantitative estimate of drug-likeness (QED) is 0.459. The average Bonchev–Trinajstić information content (AvgIpc) is 3.32. The number of aliphatic hydroxyl groups excluding tert-OH is 1. The lowest BCUT2D eigenvalue weighted by Crippen LogP contribution is -2.42. The fourth-order valence-electron chi connectivity index (χ4n) is 4.42. The predicted molar refractivity (Wildman–Crippen MR) is 111 cm³/mol. The maximum Gasteiger partial charge on any atom is 0.401 e. The van der Waals surface area contributed by atoms with Gasteiger partial charge in [-0.25, -0.2) is 18.7 Å². The summed E-state index contributed by atoms with van der Waals surface area (Å²) in [6.45, 7) is 0.132. The van der Waals surface area contributed by atoms with Gasteiger partial charge in [-0.05, 0) is 19.4 Å². The summed E-state index contributed by atoms with van der Waals surface area (Å²) in [7, 11) is 0. The summed E-state index contributed by atoms with van der Waals surface area (Å²) in [6.07, 6.45) is -4.65. The smallest absolute Gasteiger partial charge is 0.390 e. The van der Waals surface area contributed by atoms with Crippen LogP contribution in [0, 0.1) is 5.92 Å². The summed E-state index contributed by atoms with van der Waals surface area (Å²) in [5.74, 6) is -1.75. The summed E-state index contributed by atoms with van der Waals surface area (Å²) in [5.41, 5.74) is 0.0664. The van der Waals surface area contributed by atoms with Gasteiger partial charge in [-0.1, -0.05) is 0 Å². The van der Waals surface area contributed by atoms with Crippen LogP contribution in [0.3, 0.4) is 0 Å². The van der Waals surface area contributed by atoms with E-state index in [4.69, 9.17) is 0 Å². The molecule has 1 amide bonds. The van der Waals surface area contributed by atoms with Crippen molar-refractivity contribution in [3.05, 3.63) is 23.9 Å². The minimum absolute atomic E-state index is 0.0704. The topological polar surface area (TPSA) is 119 Å². The molecule has 9 nitrogen and oxygen atoms in total. The number of H-pyrrole nitrogens is 1. The van der Waals surface area contributed by atoms with Crippen molar-refractivity contribution in [2.45, 2.75) is 50.3 Å². The molecule has 0 spiro atoms. The van der Waals surface area contributed by atoms with Gasteiger partial charge in [-0.15, -0.1) is 0 Å². The molecule has 0 saturated carbocycles. The number of β-amino-alcohol motifs (C(OH)–C–C–N with tert-alkyl or cyclic N) is 1. The largest absolute Gasteiger partial charge is 0.401 e. The van der Waals surface area contributed by atoms with Crippen molar-refractivity contribution in [3.63, 3.8) is 0 Å². The standard InChI is InChI=1S/C20H24F5N7O2/c1-9(11-4-10(21)2-3-12(11)22)28-19(34)16-15-17(26-8-27-18(15)31-30-16)29-13-5-32(6-14(13)33)7-20(23,24)25/h2,8-9,11-14,33H,3-7H2,1H3,(H,28,34)(H2,26,27,29,30,31)/t9-,11?,12?,13-,14-/m1/s1. The zero-order valence-electron chi connectivity index (χ0n) is 18.1. The van der Waals surface area contributed by atoms with Crippen molar-refractivity contribution in [1.82, 2.24) is 30.4 Å². The van der Waals surface area contributed by atoms with Gasteiger partial charge >= 0.3 is 6.18 Å². The molecule has 5 atom stereocenters. The third-order valence-corrected chi connectivity index (χ3v) is 6.12. The number of amides is 1. The van der Waals surface area contributed by atoms with E-state index < -0.39 is 54.7 Å². The van der Waals surface area contributed by atoms with Crippen LogP contribution < -0.4 is 10.6 Å². The summed E-state index contributed by atoms with van der Waals surface area (Å²) in [4.78, 5) is 22.1. The lowest BCUT2D eigenvalue weighted by Gasteiger charge is -2.29. The second-order valence-electron chi connectivity index (χ2n) is 8.68. The highest BCUT2D eigenvalue weighted by molar-refractivity contribution is 6.07. The van der Waals surface area contributed by atoms with Gasteiger partial charge in [0, 0.05) is 31.5 Å².